The summed E-state index contributed by atoms with van der Waals surface area (Å²) in [7, 11) is 3.16. The van der Waals surface area contributed by atoms with E-state index in [1.165, 1.54) is 32.1 Å². The van der Waals surface area contributed by atoms with E-state index >= 15 is 0 Å². The number of unbranched alkanes of at least 4 members (excludes halogenated alkanes) is 6. The molecule has 3 aliphatic rings. The number of hydrogen-bond donors (Lipinski definition) is 2. The van der Waals surface area contributed by atoms with Gasteiger partial charge in [0.15, 0.2) is 0 Å². The lowest BCUT2D eigenvalue weighted by Gasteiger charge is -2.35. The molecule has 2 N–H and O–H groups in total. The lowest BCUT2D eigenvalue weighted by atomic mass is 9.93. The van der Waals surface area contributed by atoms with Crippen LogP contribution in [0.15, 0.2) is 12.1 Å². The second kappa shape index (κ2) is 17.8. The minimum absolute atomic E-state index is 0.0487. The monoisotopic (exact) mass is 660 g/mol. The van der Waals surface area contributed by atoms with E-state index in [1.807, 2.05) is 31.8 Å². The second-order valence-corrected chi connectivity index (χ2v) is 13.9. The minimum Gasteiger partial charge on any atom is -0.497 e. The highest BCUT2D eigenvalue weighted by atomic mass is 16.6. The van der Waals surface area contributed by atoms with Crippen LogP contribution in [0.2, 0.25) is 0 Å². The number of alkyl carbamates (subject to hydrolysis) is 1. The topological polar surface area (TPSA) is 128 Å². The number of methoxy groups -OCH3 is 2. The Kier molecular flexibility index (Phi) is 13.8. The van der Waals surface area contributed by atoms with Crippen LogP contribution in [0.3, 0.4) is 0 Å². The summed E-state index contributed by atoms with van der Waals surface area (Å²) in [6.45, 7) is 10.0. The number of carbonyl (C=O) groups is 3. The number of carbonyl (C=O) groups excluding carboxylic acids is 3. The first kappa shape index (κ1) is 36.6. The van der Waals surface area contributed by atoms with Gasteiger partial charge in [0.25, 0.3) is 0 Å². The lowest BCUT2D eigenvalue weighted by Crippen LogP contribution is -2.54. The molecule has 0 bridgehead atoms. The highest BCUT2D eigenvalue weighted by Gasteiger charge is 2.34. The summed E-state index contributed by atoms with van der Waals surface area (Å²) in [4.78, 5) is 39.4. The van der Waals surface area contributed by atoms with E-state index in [1.54, 1.807) is 20.3 Å². The maximum atomic E-state index is 12.5. The number of nitrogens with zero attached hydrogens (tertiary/aromatic N) is 2. The lowest BCUT2D eigenvalue weighted by molar-refractivity contribution is 0.0295. The molecule has 1 aromatic carbocycles. The van der Waals surface area contributed by atoms with Gasteiger partial charge in [-0.25, -0.2) is 19.4 Å². The number of fused-ring (bicyclic) bond motifs is 1. The molecular formula is C35H56N4O8. The number of piperazine rings is 1. The standard InChI is InChI=1S/C35H56N4O8/c1-35(2,3)47-33(41)36-25-14-16-26(17-15-25)45-34(42)37-39-21-19-38(20-22-39)18-12-10-8-6-7-9-11-13-29-28-23-27(43-4)24-30(44-5)31(28)32(40)46-29/h23-26,29H,6-22H2,1-5H3,(H,36,41)(H,37,42)/t25?,26?,29-/m1/s1. The Labute approximate surface area is 280 Å². The molecule has 264 valence electrons. The number of amides is 2. The van der Waals surface area contributed by atoms with E-state index in [-0.39, 0.29) is 24.2 Å². The maximum absolute atomic E-state index is 12.5. The molecule has 1 saturated carbocycles. The van der Waals surface area contributed by atoms with Crippen molar-refractivity contribution in [1.29, 1.82) is 0 Å². The van der Waals surface area contributed by atoms with Gasteiger partial charge >= 0.3 is 18.2 Å². The number of ether oxygens (including phenoxy) is 5. The summed E-state index contributed by atoms with van der Waals surface area (Å²) in [6.07, 6.45) is 10.8. The molecule has 1 atom stereocenters. The van der Waals surface area contributed by atoms with Crippen LogP contribution in [0.1, 0.15) is 120 Å². The third kappa shape index (κ3) is 11.7. The molecule has 2 fully saturated rings. The van der Waals surface area contributed by atoms with Crippen molar-refractivity contribution in [2.24, 2.45) is 0 Å². The summed E-state index contributed by atoms with van der Waals surface area (Å²) in [6, 6.07) is 3.66. The highest BCUT2D eigenvalue weighted by Crippen LogP contribution is 2.41. The number of cyclic esters (lactones) is 1. The molecule has 12 heteroatoms. The zero-order valence-corrected chi connectivity index (χ0v) is 29.1. The van der Waals surface area contributed by atoms with Crippen molar-refractivity contribution in [2.75, 3.05) is 46.9 Å². The summed E-state index contributed by atoms with van der Waals surface area (Å²) >= 11 is 0. The predicted octanol–water partition coefficient (Wildman–Crippen LogP) is 6.13. The van der Waals surface area contributed by atoms with Crippen molar-refractivity contribution in [3.05, 3.63) is 23.3 Å². The number of benzene rings is 1. The number of hydrazine groups is 1. The molecule has 1 aromatic rings. The average molecular weight is 661 g/mol. The van der Waals surface area contributed by atoms with E-state index in [4.69, 9.17) is 23.7 Å². The largest absolute Gasteiger partial charge is 0.497 e. The fourth-order valence-corrected chi connectivity index (χ4v) is 6.57. The molecule has 47 heavy (non-hydrogen) atoms. The Morgan fingerprint density at radius 3 is 2.17 bits per heavy atom. The summed E-state index contributed by atoms with van der Waals surface area (Å²) < 4.78 is 27.4. The Hall–Kier alpha value is -3.25. The van der Waals surface area contributed by atoms with Gasteiger partial charge in [-0.05, 0) is 78.3 Å². The van der Waals surface area contributed by atoms with E-state index < -0.39 is 17.8 Å². The Bertz CT molecular complexity index is 1170. The Balaban J connectivity index is 0.986. The zero-order valence-electron chi connectivity index (χ0n) is 29.1. The van der Waals surface area contributed by atoms with Gasteiger partial charge in [-0.3, -0.25) is 5.43 Å². The van der Waals surface area contributed by atoms with Crippen molar-refractivity contribution in [1.82, 2.24) is 20.7 Å². The molecule has 2 aliphatic heterocycles. The molecule has 2 amide bonds. The third-order valence-electron chi connectivity index (χ3n) is 9.09. The summed E-state index contributed by atoms with van der Waals surface area (Å²) in [5.74, 6) is 0.864. The molecule has 2 heterocycles. The van der Waals surface area contributed by atoms with Crippen LogP contribution >= 0.6 is 0 Å². The van der Waals surface area contributed by atoms with Crippen molar-refractivity contribution in [3.8, 4) is 11.5 Å². The normalized spacial score (nSPS) is 21.8. The highest BCUT2D eigenvalue weighted by molar-refractivity contribution is 5.97. The van der Waals surface area contributed by atoms with Crippen molar-refractivity contribution in [2.45, 2.75) is 122 Å². The van der Waals surface area contributed by atoms with Crippen LogP contribution in [0, 0.1) is 0 Å². The fraction of sp³-hybridized carbons (Fsp3) is 0.743. The van der Waals surface area contributed by atoms with Gasteiger partial charge in [0.2, 0.25) is 0 Å². The first-order valence-corrected chi connectivity index (χ1v) is 17.5. The van der Waals surface area contributed by atoms with Crippen LogP contribution < -0.4 is 20.2 Å². The van der Waals surface area contributed by atoms with Crippen LogP contribution in [0.5, 0.6) is 11.5 Å². The van der Waals surface area contributed by atoms with E-state index in [0.717, 1.165) is 83.2 Å². The van der Waals surface area contributed by atoms with Gasteiger partial charge in [-0.2, -0.15) is 0 Å². The van der Waals surface area contributed by atoms with E-state index in [0.29, 0.717) is 17.1 Å². The van der Waals surface area contributed by atoms with Gasteiger partial charge in [0, 0.05) is 43.9 Å². The van der Waals surface area contributed by atoms with Gasteiger partial charge in [0.05, 0.1) is 14.2 Å². The summed E-state index contributed by atoms with van der Waals surface area (Å²) in [5, 5.41) is 4.87. The number of nitrogens with one attached hydrogen (secondary N) is 2. The summed E-state index contributed by atoms with van der Waals surface area (Å²) in [5.41, 5.74) is 3.79. The van der Waals surface area contributed by atoms with Crippen molar-refractivity contribution < 1.29 is 38.1 Å². The van der Waals surface area contributed by atoms with Crippen LogP contribution in [-0.4, -0.2) is 92.8 Å². The van der Waals surface area contributed by atoms with Gasteiger partial charge in [-0.15, -0.1) is 0 Å². The van der Waals surface area contributed by atoms with Gasteiger partial charge in [0.1, 0.15) is 34.9 Å². The fourth-order valence-electron chi connectivity index (χ4n) is 6.57. The molecule has 0 unspecified atom stereocenters. The van der Waals surface area contributed by atoms with Crippen molar-refractivity contribution in [3.63, 3.8) is 0 Å². The average Bonchev–Trinajstić information content (AvgIpc) is 3.35. The predicted molar refractivity (Wildman–Crippen MR) is 178 cm³/mol. The molecule has 4 rings (SSSR count). The molecule has 1 aliphatic carbocycles. The van der Waals surface area contributed by atoms with E-state index in [9.17, 15) is 14.4 Å². The minimum atomic E-state index is -0.520. The SMILES string of the molecule is COc1cc(OC)c2c(c1)[C@@H](CCCCCCCCCN1CCN(NC(=O)OC3CCC(NC(=O)OC(C)(C)C)CC3)CC1)OC2=O. The van der Waals surface area contributed by atoms with Crippen LogP contribution in [0.4, 0.5) is 9.59 Å². The van der Waals surface area contributed by atoms with Gasteiger partial charge in [-0.1, -0.05) is 32.1 Å². The quantitative estimate of drug-likeness (QED) is 0.129. The first-order chi connectivity index (χ1) is 22.5. The number of hydrogen-bond acceptors (Lipinski definition) is 10. The first-order valence-electron chi connectivity index (χ1n) is 17.5. The number of rotatable bonds is 15. The van der Waals surface area contributed by atoms with Crippen molar-refractivity contribution >= 4 is 18.2 Å². The Morgan fingerprint density at radius 1 is 0.872 bits per heavy atom. The molecular weight excluding hydrogens is 604 g/mol. The van der Waals surface area contributed by atoms with Crippen LogP contribution in [0.25, 0.3) is 0 Å². The third-order valence-corrected chi connectivity index (χ3v) is 9.09. The maximum Gasteiger partial charge on any atom is 0.422 e. The van der Waals surface area contributed by atoms with Gasteiger partial charge < -0.3 is 33.9 Å². The molecule has 0 radical (unpaired) electrons. The number of esters is 1. The smallest absolute Gasteiger partial charge is 0.422 e. The zero-order chi connectivity index (χ0) is 33.8. The molecule has 12 nitrogen and oxygen atoms in total. The second-order valence-electron chi connectivity index (χ2n) is 13.9. The molecule has 1 saturated heterocycles. The molecule has 0 aromatic heterocycles. The molecule has 0 spiro atoms. The Morgan fingerprint density at radius 2 is 1.53 bits per heavy atom. The van der Waals surface area contributed by atoms with Crippen LogP contribution in [-0.2, 0) is 14.2 Å². The van der Waals surface area contributed by atoms with E-state index in [2.05, 4.69) is 15.6 Å².